The number of nitriles is 1. The smallest absolute Gasteiger partial charge is 0.358 e. The molecule has 0 amide bonds. The lowest BCUT2D eigenvalue weighted by atomic mass is 10.1. The van der Waals surface area contributed by atoms with Gasteiger partial charge in [0.25, 0.3) is 0 Å². The predicted molar refractivity (Wildman–Crippen MR) is 83.5 cm³/mol. The number of esters is 1. The number of carbonyl (C=O) groups excluding carboxylic acids is 1. The number of halogens is 2. The molecular weight excluding hydrogens is 327 g/mol. The summed E-state index contributed by atoms with van der Waals surface area (Å²) in [5, 5.41) is 19.1. The minimum Gasteiger partial charge on any atom is -0.513 e. The summed E-state index contributed by atoms with van der Waals surface area (Å²) in [4.78, 5) is 11.6. The molecule has 0 saturated heterocycles. The van der Waals surface area contributed by atoms with Crippen LogP contribution in [0.5, 0.6) is 0 Å². The Bertz CT molecular complexity index is 804. The zero-order valence-corrected chi connectivity index (χ0v) is 12.9. The molecule has 0 aliphatic heterocycles. The molecule has 1 N–H and O–H groups in total. The molecule has 0 fully saturated rings. The molecule has 1 aromatic heterocycles. The van der Waals surface area contributed by atoms with Crippen LogP contribution in [-0.2, 0) is 9.53 Å². The lowest BCUT2D eigenvalue weighted by molar-refractivity contribution is -0.134. The van der Waals surface area contributed by atoms with E-state index < -0.39 is 5.97 Å². The van der Waals surface area contributed by atoms with Crippen LogP contribution in [0.2, 0.25) is 10.0 Å². The van der Waals surface area contributed by atoms with Crippen molar-refractivity contribution in [3.8, 4) is 17.2 Å². The van der Waals surface area contributed by atoms with Gasteiger partial charge in [-0.1, -0.05) is 35.3 Å². The van der Waals surface area contributed by atoms with E-state index in [0.717, 1.165) is 0 Å². The second kappa shape index (κ2) is 6.56. The van der Waals surface area contributed by atoms with Gasteiger partial charge in [0.05, 0.1) is 22.7 Å². The minimum absolute atomic E-state index is 0.136. The Kier molecular flexibility index (Phi) is 4.76. The molecule has 0 aliphatic rings. The SMILES string of the molecule is COC(=O)/C(=C\O)n1cc(C#N)c(-c2cccc(Cl)c2Cl)c1. The summed E-state index contributed by atoms with van der Waals surface area (Å²) >= 11 is 12.1. The number of hydrogen-bond acceptors (Lipinski definition) is 4. The van der Waals surface area contributed by atoms with Gasteiger partial charge >= 0.3 is 5.97 Å². The highest BCUT2D eigenvalue weighted by Gasteiger charge is 2.18. The zero-order valence-electron chi connectivity index (χ0n) is 11.4. The van der Waals surface area contributed by atoms with Gasteiger partial charge in [-0.15, -0.1) is 0 Å². The van der Waals surface area contributed by atoms with Crippen molar-refractivity contribution in [2.24, 2.45) is 0 Å². The van der Waals surface area contributed by atoms with Gasteiger partial charge in [0, 0.05) is 23.5 Å². The highest BCUT2D eigenvalue weighted by Crippen LogP contribution is 2.36. The first kappa shape index (κ1) is 16.0. The van der Waals surface area contributed by atoms with Crippen LogP contribution in [0.3, 0.4) is 0 Å². The minimum atomic E-state index is -0.745. The van der Waals surface area contributed by atoms with Crippen LogP contribution in [0.25, 0.3) is 16.8 Å². The number of rotatable bonds is 3. The molecule has 0 atom stereocenters. The van der Waals surface area contributed by atoms with E-state index in [1.54, 1.807) is 18.2 Å². The zero-order chi connectivity index (χ0) is 16.3. The molecule has 0 aliphatic carbocycles. The third-order valence-corrected chi connectivity index (χ3v) is 3.80. The van der Waals surface area contributed by atoms with E-state index in [9.17, 15) is 15.2 Å². The Hall–Kier alpha value is -2.42. The van der Waals surface area contributed by atoms with Crippen LogP contribution < -0.4 is 0 Å². The van der Waals surface area contributed by atoms with Crippen molar-refractivity contribution in [1.82, 2.24) is 4.57 Å². The van der Waals surface area contributed by atoms with Crippen LogP contribution in [0.15, 0.2) is 36.9 Å². The summed E-state index contributed by atoms with van der Waals surface area (Å²) in [5.41, 5.74) is 1.17. The van der Waals surface area contributed by atoms with Crippen molar-refractivity contribution in [1.29, 1.82) is 5.26 Å². The Morgan fingerprint density at radius 2 is 2.09 bits per heavy atom. The maximum absolute atomic E-state index is 11.6. The molecule has 0 saturated carbocycles. The molecule has 0 unspecified atom stereocenters. The van der Waals surface area contributed by atoms with E-state index >= 15 is 0 Å². The number of hydrogen-bond donors (Lipinski definition) is 1. The van der Waals surface area contributed by atoms with Crippen LogP contribution in [0.4, 0.5) is 0 Å². The average Bonchev–Trinajstić information content (AvgIpc) is 2.94. The number of methoxy groups -OCH3 is 1. The molecule has 0 spiro atoms. The third kappa shape index (κ3) is 2.80. The molecule has 0 radical (unpaired) electrons. The van der Waals surface area contributed by atoms with Crippen LogP contribution >= 0.6 is 23.2 Å². The van der Waals surface area contributed by atoms with Crippen molar-refractivity contribution in [3.05, 3.63) is 52.5 Å². The lowest BCUT2D eigenvalue weighted by Gasteiger charge is -2.05. The van der Waals surface area contributed by atoms with E-state index in [-0.39, 0.29) is 11.3 Å². The number of benzene rings is 1. The summed E-state index contributed by atoms with van der Waals surface area (Å²) in [6, 6.07) is 7.05. The predicted octanol–water partition coefficient (Wildman–Crippen LogP) is 3.86. The quantitative estimate of drug-likeness (QED) is 0.524. The molecule has 7 heteroatoms. The van der Waals surface area contributed by atoms with E-state index in [4.69, 9.17) is 23.2 Å². The van der Waals surface area contributed by atoms with Crippen molar-refractivity contribution < 1.29 is 14.6 Å². The highest BCUT2D eigenvalue weighted by molar-refractivity contribution is 6.43. The topological polar surface area (TPSA) is 75.2 Å². The number of aliphatic hydroxyl groups is 1. The van der Waals surface area contributed by atoms with Gasteiger partial charge in [-0.25, -0.2) is 4.79 Å². The largest absolute Gasteiger partial charge is 0.513 e. The number of aliphatic hydroxyl groups excluding tert-OH is 1. The second-order valence-corrected chi connectivity index (χ2v) is 5.00. The first-order valence-electron chi connectivity index (χ1n) is 6.03. The van der Waals surface area contributed by atoms with Gasteiger partial charge in [-0.05, 0) is 6.07 Å². The average molecular weight is 337 g/mol. The summed E-state index contributed by atoms with van der Waals surface area (Å²) in [6.07, 6.45) is 3.50. The van der Waals surface area contributed by atoms with Crippen LogP contribution in [0.1, 0.15) is 5.56 Å². The maximum atomic E-state index is 11.6. The fourth-order valence-corrected chi connectivity index (χ4v) is 2.34. The van der Waals surface area contributed by atoms with E-state index in [2.05, 4.69) is 4.74 Å². The van der Waals surface area contributed by atoms with Gasteiger partial charge in [0.1, 0.15) is 12.3 Å². The standard InChI is InChI=1S/C15H10Cl2N2O3/c1-22-15(21)13(8-20)19-6-9(5-18)11(7-19)10-3-2-4-12(16)14(10)17/h2-4,6-8,20H,1H3/b13-8+. The number of aromatic nitrogens is 1. The Balaban J connectivity index is 2.62. The fourth-order valence-electron chi connectivity index (χ4n) is 1.94. The van der Waals surface area contributed by atoms with Crippen molar-refractivity contribution in [3.63, 3.8) is 0 Å². The molecule has 2 rings (SSSR count). The first-order valence-corrected chi connectivity index (χ1v) is 6.78. The summed E-state index contributed by atoms with van der Waals surface area (Å²) < 4.78 is 5.86. The van der Waals surface area contributed by atoms with Gasteiger partial charge in [0.2, 0.25) is 0 Å². The molecule has 5 nitrogen and oxygen atoms in total. The molecule has 1 aromatic carbocycles. The Morgan fingerprint density at radius 3 is 2.68 bits per heavy atom. The number of carbonyl (C=O) groups is 1. The highest BCUT2D eigenvalue weighted by atomic mass is 35.5. The van der Waals surface area contributed by atoms with Crippen molar-refractivity contribution in [2.75, 3.05) is 7.11 Å². The Labute approximate surface area is 136 Å². The van der Waals surface area contributed by atoms with E-state index in [1.165, 1.54) is 24.1 Å². The summed E-state index contributed by atoms with van der Waals surface area (Å²) in [7, 11) is 1.19. The lowest BCUT2D eigenvalue weighted by Crippen LogP contribution is -2.09. The van der Waals surface area contributed by atoms with Crippen molar-refractivity contribution >= 4 is 34.9 Å². The molecular formula is C15H10Cl2N2O3. The Morgan fingerprint density at radius 1 is 1.36 bits per heavy atom. The number of ether oxygens (including phenoxy) is 1. The molecule has 0 bridgehead atoms. The van der Waals surface area contributed by atoms with Gasteiger partial charge in [0.15, 0.2) is 5.70 Å². The van der Waals surface area contributed by atoms with Crippen LogP contribution in [0, 0.1) is 11.3 Å². The van der Waals surface area contributed by atoms with Gasteiger partial charge in [-0.3, -0.25) is 0 Å². The maximum Gasteiger partial charge on any atom is 0.358 e. The normalized spacial score (nSPS) is 11.1. The van der Waals surface area contributed by atoms with Gasteiger partial charge in [-0.2, -0.15) is 5.26 Å². The summed E-state index contributed by atoms with van der Waals surface area (Å²) in [6.45, 7) is 0. The third-order valence-electron chi connectivity index (χ3n) is 2.98. The van der Waals surface area contributed by atoms with E-state index in [0.29, 0.717) is 27.4 Å². The molecule has 1 heterocycles. The van der Waals surface area contributed by atoms with Crippen molar-refractivity contribution in [2.45, 2.75) is 0 Å². The molecule has 2 aromatic rings. The first-order chi connectivity index (χ1) is 10.5. The summed E-state index contributed by atoms with van der Waals surface area (Å²) in [5.74, 6) is -0.745. The molecule has 112 valence electrons. The van der Waals surface area contributed by atoms with Gasteiger partial charge < -0.3 is 14.4 Å². The molecule has 22 heavy (non-hydrogen) atoms. The number of nitrogens with zero attached hydrogens (tertiary/aromatic N) is 2. The second-order valence-electron chi connectivity index (χ2n) is 4.21. The van der Waals surface area contributed by atoms with E-state index in [1.807, 2.05) is 6.07 Å². The monoisotopic (exact) mass is 336 g/mol. The fraction of sp³-hybridized carbons (Fsp3) is 0.0667. The van der Waals surface area contributed by atoms with Crippen LogP contribution in [-0.4, -0.2) is 22.8 Å².